The second-order valence-electron chi connectivity index (χ2n) is 4.98. The average molecular weight is 349 g/mol. The van der Waals surface area contributed by atoms with Gasteiger partial charge in [-0.15, -0.1) is 11.8 Å². The highest BCUT2D eigenvalue weighted by Crippen LogP contribution is 2.34. The smallest absolute Gasteiger partial charge is 0.235 e. The minimum Gasteiger partial charge on any atom is -0.454 e. The van der Waals surface area contributed by atoms with Crippen molar-refractivity contribution < 1.29 is 23.6 Å². The fraction of sp³-hybridized carbons (Fsp3) is 0.267. The number of nitrogens with zero attached hydrogens (tertiary/aromatic N) is 1. The van der Waals surface area contributed by atoms with E-state index >= 15 is 0 Å². The number of carbonyl (C=O) groups is 2. The Balaban J connectivity index is 1.40. The Morgan fingerprint density at radius 3 is 2.62 bits per heavy atom. The fourth-order valence-electron chi connectivity index (χ4n) is 2.01. The third kappa shape index (κ3) is 4.19. The van der Waals surface area contributed by atoms with E-state index in [0.29, 0.717) is 28.8 Å². The molecule has 2 heterocycles. The molecule has 0 saturated heterocycles. The van der Waals surface area contributed by atoms with Gasteiger partial charge in [0.05, 0.1) is 11.5 Å². The van der Waals surface area contributed by atoms with E-state index in [1.165, 1.54) is 11.8 Å². The molecule has 9 heteroatoms. The summed E-state index contributed by atoms with van der Waals surface area (Å²) in [6, 6.07) is 6.79. The van der Waals surface area contributed by atoms with E-state index in [2.05, 4.69) is 15.8 Å². The van der Waals surface area contributed by atoms with Gasteiger partial charge >= 0.3 is 0 Å². The number of fused-ring (bicyclic) bond motifs is 1. The van der Waals surface area contributed by atoms with Crippen LogP contribution >= 0.6 is 11.8 Å². The van der Waals surface area contributed by atoms with E-state index < -0.39 is 0 Å². The second-order valence-corrected chi connectivity index (χ2v) is 5.97. The van der Waals surface area contributed by atoms with Crippen molar-refractivity contribution in [3.8, 4) is 11.5 Å². The quantitative estimate of drug-likeness (QED) is 0.822. The van der Waals surface area contributed by atoms with Crippen LogP contribution in [-0.2, 0) is 9.59 Å². The largest absolute Gasteiger partial charge is 0.454 e. The third-order valence-electron chi connectivity index (χ3n) is 3.02. The lowest BCUT2D eigenvalue weighted by molar-refractivity contribution is -0.114. The molecule has 0 bridgehead atoms. The molecule has 1 aliphatic rings. The summed E-state index contributed by atoms with van der Waals surface area (Å²) >= 11 is 1.20. The first-order valence-corrected chi connectivity index (χ1v) is 8.26. The van der Waals surface area contributed by atoms with Crippen LogP contribution in [0.15, 0.2) is 28.8 Å². The zero-order valence-electron chi connectivity index (χ0n) is 12.8. The van der Waals surface area contributed by atoms with Crippen molar-refractivity contribution in [3.05, 3.63) is 30.0 Å². The molecule has 3 rings (SSSR count). The highest BCUT2D eigenvalue weighted by Gasteiger charge is 2.14. The number of aromatic nitrogens is 1. The van der Waals surface area contributed by atoms with Crippen molar-refractivity contribution in [2.75, 3.05) is 28.9 Å². The van der Waals surface area contributed by atoms with Crippen molar-refractivity contribution in [2.24, 2.45) is 0 Å². The zero-order valence-corrected chi connectivity index (χ0v) is 13.6. The third-order valence-corrected chi connectivity index (χ3v) is 3.95. The van der Waals surface area contributed by atoms with Crippen molar-refractivity contribution >= 4 is 35.1 Å². The lowest BCUT2D eigenvalue weighted by Gasteiger charge is -2.06. The highest BCUT2D eigenvalue weighted by atomic mass is 32.2. The Hall–Kier alpha value is -2.68. The molecule has 1 aromatic heterocycles. The minimum absolute atomic E-state index is 0.139. The summed E-state index contributed by atoms with van der Waals surface area (Å²) in [6.45, 7) is 1.92. The van der Waals surface area contributed by atoms with Gasteiger partial charge in [0.15, 0.2) is 17.3 Å². The Morgan fingerprint density at radius 2 is 1.88 bits per heavy atom. The molecule has 8 nitrogen and oxygen atoms in total. The normalized spacial score (nSPS) is 12.0. The molecule has 0 radical (unpaired) electrons. The molecular formula is C15H15N3O5S. The molecule has 24 heavy (non-hydrogen) atoms. The zero-order chi connectivity index (χ0) is 16.9. The van der Waals surface area contributed by atoms with Gasteiger partial charge in [0.25, 0.3) is 0 Å². The van der Waals surface area contributed by atoms with Crippen LogP contribution in [0.3, 0.4) is 0 Å². The SMILES string of the molecule is Cc1cc(NC(=O)CSCC(=O)Nc2ccc3c(c2)OCO3)no1. The Labute approximate surface area is 141 Å². The average Bonchev–Trinajstić information content (AvgIpc) is 3.15. The van der Waals surface area contributed by atoms with Crippen LogP contribution in [0.1, 0.15) is 5.76 Å². The van der Waals surface area contributed by atoms with Crippen LogP contribution < -0.4 is 20.1 Å². The standard InChI is InChI=1S/C15H15N3O5S/c1-9-4-13(18-23-9)17-15(20)7-24-6-14(19)16-10-2-3-11-12(5-10)22-8-21-11/h2-5H,6-8H2,1H3,(H,16,19)(H,17,18,20). The topological polar surface area (TPSA) is 103 Å². The van der Waals surface area contributed by atoms with Gasteiger partial charge in [-0.2, -0.15) is 0 Å². The maximum atomic E-state index is 11.9. The van der Waals surface area contributed by atoms with Gasteiger partial charge in [0.1, 0.15) is 5.76 Å². The van der Waals surface area contributed by atoms with Crippen LogP contribution in [0.25, 0.3) is 0 Å². The number of hydrogen-bond acceptors (Lipinski definition) is 7. The van der Waals surface area contributed by atoms with Gasteiger partial charge in [-0.1, -0.05) is 5.16 Å². The molecule has 2 N–H and O–H groups in total. The maximum absolute atomic E-state index is 11.9. The van der Waals surface area contributed by atoms with Gasteiger partial charge in [-0.25, -0.2) is 0 Å². The van der Waals surface area contributed by atoms with Crippen molar-refractivity contribution in [3.63, 3.8) is 0 Å². The minimum atomic E-state index is -0.246. The van der Waals surface area contributed by atoms with Gasteiger partial charge in [-0.05, 0) is 19.1 Å². The van der Waals surface area contributed by atoms with E-state index in [-0.39, 0.29) is 30.1 Å². The van der Waals surface area contributed by atoms with Crippen molar-refractivity contribution in [1.29, 1.82) is 0 Å². The van der Waals surface area contributed by atoms with E-state index in [1.807, 2.05) is 0 Å². The van der Waals surface area contributed by atoms with Crippen molar-refractivity contribution in [1.82, 2.24) is 5.16 Å². The first-order valence-electron chi connectivity index (χ1n) is 7.10. The molecule has 0 saturated carbocycles. The Kier molecular flexibility index (Phi) is 4.90. The molecule has 0 fully saturated rings. The molecule has 1 aliphatic heterocycles. The van der Waals surface area contributed by atoms with E-state index in [1.54, 1.807) is 31.2 Å². The number of rotatable bonds is 6. The van der Waals surface area contributed by atoms with Crippen LogP contribution in [0, 0.1) is 6.92 Å². The van der Waals surface area contributed by atoms with Crippen LogP contribution in [0.5, 0.6) is 11.5 Å². The van der Waals surface area contributed by atoms with Crippen LogP contribution in [-0.4, -0.2) is 35.3 Å². The molecule has 2 aromatic rings. The van der Waals surface area contributed by atoms with Gasteiger partial charge in [-0.3, -0.25) is 9.59 Å². The lowest BCUT2D eigenvalue weighted by atomic mass is 10.3. The van der Waals surface area contributed by atoms with Gasteiger partial charge in [0, 0.05) is 17.8 Å². The Morgan fingerprint density at radius 1 is 1.12 bits per heavy atom. The summed E-state index contributed by atoms with van der Waals surface area (Å²) in [5.74, 6) is 2.07. The number of nitrogens with one attached hydrogen (secondary N) is 2. The van der Waals surface area contributed by atoms with E-state index in [9.17, 15) is 9.59 Å². The molecule has 1 aromatic carbocycles. The lowest BCUT2D eigenvalue weighted by Crippen LogP contribution is -2.18. The molecule has 0 spiro atoms. The van der Waals surface area contributed by atoms with Crippen LogP contribution in [0.4, 0.5) is 11.5 Å². The number of carbonyl (C=O) groups excluding carboxylic acids is 2. The van der Waals surface area contributed by atoms with Gasteiger partial charge in [0.2, 0.25) is 18.6 Å². The van der Waals surface area contributed by atoms with E-state index in [0.717, 1.165) is 0 Å². The maximum Gasteiger partial charge on any atom is 0.235 e. The van der Waals surface area contributed by atoms with Crippen molar-refractivity contribution in [2.45, 2.75) is 6.92 Å². The number of anilines is 2. The number of amides is 2. The number of ether oxygens (including phenoxy) is 2. The number of benzene rings is 1. The molecule has 2 amide bonds. The first-order chi connectivity index (χ1) is 11.6. The molecule has 0 unspecified atom stereocenters. The van der Waals surface area contributed by atoms with Crippen LogP contribution in [0.2, 0.25) is 0 Å². The van der Waals surface area contributed by atoms with Gasteiger partial charge < -0.3 is 24.6 Å². The summed E-state index contributed by atoms with van der Waals surface area (Å²) < 4.78 is 15.3. The molecule has 126 valence electrons. The summed E-state index contributed by atoms with van der Waals surface area (Å²) in [6.07, 6.45) is 0. The summed E-state index contributed by atoms with van der Waals surface area (Å²) in [4.78, 5) is 23.6. The van der Waals surface area contributed by atoms with E-state index in [4.69, 9.17) is 14.0 Å². The first kappa shape index (κ1) is 16.2. The molecular weight excluding hydrogens is 334 g/mol. The molecule has 0 atom stereocenters. The summed E-state index contributed by atoms with van der Waals surface area (Å²) in [7, 11) is 0. The number of aryl methyl sites for hydroxylation is 1. The molecule has 0 aliphatic carbocycles. The number of hydrogen-bond donors (Lipinski definition) is 2. The monoisotopic (exact) mass is 349 g/mol. The predicted molar refractivity (Wildman–Crippen MR) is 88.4 cm³/mol. The highest BCUT2D eigenvalue weighted by molar-refractivity contribution is 8.00. The Bertz CT molecular complexity index is 761. The number of thioether (sulfide) groups is 1. The predicted octanol–water partition coefficient (Wildman–Crippen LogP) is 2.02. The summed E-state index contributed by atoms with van der Waals surface area (Å²) in [5.41, 5.74) is 0.618. The summed E-state index contributed by atoms with van der Waals surface area (Å²) in [5, 5.41) is 9.00. The second kappa shape index (κ2) is 7.26. The fourth-order valence-corrected chi connectivity index (χ4v) is 2.63.